The molecule has 0 unspecified atom stereocenters. The molecule has 2 aromatic carbocycles. The summed E-state index contributed by atoms with van der Waals surface area (Å²) in [5, 5.41) is 0. The lowest BCUT2D eigenvalue weighted by Gasteiger charge is -2.08. The average Bonchev–Trinajstić information content (AvgIpc) is 2.74. The highest BCUT2D eigenvalue weighted by Crippen LogP contribution is 2.20. The summed E-state index contributed by atoms with van der Waals surface area (Å²) in [6.45, 7) is 2.36. The van der Waals surface area contributed by atoms with E-state index in [1.807, 2.05) is 48.7 Å². The highest BCUT2D eigenvalue weighted by Gasteiger charge is 2.12. The van der Waals surface area contributed by atoms with Crippen molar-refractivity contribution in [2.45, 2.75) is 45.6 Å². The van der Waals surface area contributed by atoms with Gasteiger partial charge in [-0.2, -0.15) is 0 Å². The molecule has 0 atom stereocenters. The highest BCUT2D eigenvalue weighted by atomic mass is 16.5. The van der Waals surface area contributed by atoms with Gasteiger partial charge >= 0.3 is 5.97 Å². The van der Waals surface area contributed by atoms with Gasteiger partial charge in [0.1, 0.15) is 12.4 Å². The van der Waals surface area contributed by atoms with Crippen molar-refractivity contribution in [3.05, 3.63) is 71.8 Å². The van der Waals surface area contributed by atoms with Crippen molar-refractivity contribution < 1.29 is 14.3 Å². The van der Waals surface area contributed by atoms with E-state index in [4.69, 9.17) is 9.47 Å². The van der Waals surface area contributed by atoms with Crippen molar-refractivity contribution in [3.63, 3.8) is 0 Å². The second-order valence-corrected chi connectivity index (χ2v) is 6.42. The van der Waals surface area contributed by atoms with Crippen LogP contribution in [-0.4, -0.2) is 19.3 Å². The second kappa shape index (κ2) is 12.5. The van der Waals surface area contributed by atoms with Crippen LogP contribution in [0.2, 0.25) is 0 Å². The van der Waals surface area contributed by atoms with Gasteiger partial charge in [0.25, 0.3) is 0 Å². The Bertz CT molecular complexity index is 779. The molecule has 0 saturated carbocycles. The first-order chi connectivity index (χ1) is 13.7. The zero-order chi connectivity index (χ0) is 20.0. The molecule has 148 valence electrons. The van der Waals surface area contributed by atoms with Crippen molar-refractivity contribution >= 4 is 17.9 Å². The first-order valence-electron chi connectivity index (χ1n) is 9.81. The lowest BCUT2D eigenvalue weighted by atomic mass is 10.1. The number of carbonyl (C=O) groups excluding carboxylic acids is 1. The first kappa shape index (κ1) is 21.4. The van der Waals surface area contributed by atoms with Gasteiger partial charge in [0, 0.05) is 6.21 Å². The smallest absolute Gasteiger partial charge is 0.340 e. The largest absolute Gasteiger partial charge is 0.497 e. The second-order valence-electron chi connectivity index (χ2n) is 6.42. The minimum Gasteiger partial charge on any atom is -0.497 e. The third kappa shape index (κ3) is 7.39. The number of allylic oxidation sites excluding steroid dienone is 2. The molecule has 2 aromatic rings. The molecule has 2 rings (SSSR count). The maximum atomic E-state index is 12.5. The number of hydrogen-bond donors (Lipinski definition) is 0. The minimum absolute atomic E-state index is 0.214. The molecule has 4 heteroatoms. The maximum absolute atomic E-state index is 12.5. The van der Waals surface area contributed by atoms with Gasteiger partial charge in [0.2, 0.25) is 0 Å². The van der Waals surface area contributed by atoms with E-state index in [1.165, 1.54) is 0 Å². The number of rotatable bonds is 11. The molecule has 0 N–H and O–H groups in total. The number of ether oxygens (including phenoxy) is 2. The molecule has 0 aliphatic carbocycles. The summed E-state index contributed by atoms with van der Waals surface area (Å²) in [5.74, 6) is 0.407. The topological polar surface area (TPSA) is 47.9 Å². The van der Waals surface area contributed by atoms with E-state index < -0.39 is 0 Å². The van der Waals surface area contributed by atoms with E-state index in [-0.39, 0.29) is 12.6 Å². The molecule has 28 heavy (non-hydrogen) atoms. The van der Waals surface area contributed by atoms with Crippen LogP contribution in [0.15, 0.2) is 65.7 Å². The Labute approximate surface area is 167 Å². The van der Waals surface area contributed by atoms with Gasteiger partial charge in [0.05, 0.1) is 18.4 Å². The summed E-state index contributed by atoms with van der Waals surface area (Å²) in [7, 11) is 1.62. The minimum atomic E-state index is -0.367. The Morgan fingerprint density at radius 3 is 2.50 bits per heavy atom. The molecule has 0 amide bonds. The summed E-state index contributed by atoms with van der Waals surface area (Å²) in [4.78, 5) is 16.9. The lowest BCUT2D eigenvalue weighted by Crippen LogP contribution is -2.05. The fourth-order valence-electron chi connectivity index (χ4n) is 2.65. The van der Waals surface area contributed by atoms with Crippen molar-refractivity contribution in [2.24, 2.45) is 4.99 Å². The lowest BCUT2D eigenvalue weighted by molar-refractivity contribution is 0.0474. The van der Waals surface area contributed by atoms with E-state index in [0.717, 1.165) is 43.4 Å². The molecule has 0 heterocycles. The molecule has 0 bridgehead atoms. The van der Waals surface area contributed by atoms with Crippen LogP contribution in [0.1, 0.15) is 54.9 Å². The van der Waals surface area contributed by atoms with Crippen LogP contribution in [-0.2, 0) is 11.3 Å². The molecule has 0 fully saturated rings. The maximum Gasteiger partial charge on any atom is 0.340 e. The molecule has 0 aromatic heterocycles. The average molecular weight is 380 g/mol. The van der Waals surface area contributed by atoms with E-state index >= 15 is 0 Å². The zero-order valence-corrected chi connectivity index (χ0v) is 16.8. The van der Waals surface area contributed by atoms with Crippen LogP contribution in [0.25, 0.3) is 0 Å². The number of aliphatic imine (C=N–C) groups is 1. The highest BCUT2D eigenvalue weighted by molar-refractivity contribution is 5.95. The van der Waals surface area contributed by atoms with Crippen LogP contribution in [0.4, 0.5) is 5.69 Å². The zero-order valence-electron chi connectivity index (χ0n) is 16.8. The van der Waals surface area contributed by atoms with Crippen molar-refractivity contribution in [3.8, 4) is 5.75 Å². The Kier molecular flexibility index (Phi) is 9.56. The summed E-state index contributed by atoms with van der Waals surface area (Å²) in [6, 6.07) is 14.7. The third-order valence-corrected chi connectivity index (χ3v) is 4.24. The molecule has 0 saturated heterocycles. The van der Waals surface area contributed by atoms with Gasteiger partial charge < -0.3 is 9.47 Å². The van der Waals surface area contributed by atoms with E-state index in [1.54, 1.807) is 13.2 Å². The number of unbranched alkanes of at least 4 members (excludes halogenated alkanes) is 3. The number of nitrogens with zero attached hydrogens (tertiary/aromatic N) is 1. The van der Waals surface area contributed by atoms with Gasteiger partial charge in [-0.05, 0) is 61.9 Å². The van der Waals surface area contributed by atoms with Gasteiger partial charge in [-0.3, -0.25) is 4.99 Å². The van der Waals surface area contributed by atoms with Crippen LogP contribution in [0.3, 0.4) is 0 Å². The van der Waals surface area contributed by atoms with E-state index in [0.29, 0.717) is 11.3 Å². The third-order valence-electron chi connectivity index (χ3n) is 4.24. The van der Waals surface area contributed by atoms with Crippen molar-refractivity contribution in [1.29, 1.82) is 0 Å². The Morgan fingerprint density at radius 1 is 1.00 bits per heavy atom. The van der Waals surface area contributed by atoms with Crippen LogP contribution < -0.4 is 4.74 Å². The predicted octanol–water partition coefficient (Wildman–Crippen LogP) is 6.28. The quantitative estimate of drug-likeness (QED) is 0.200. The number of esters is 1. The van der Waals surface area contributed by atoms with E-state index in [2.05, 4.69) is 24.1 Å². The molecule has 0 spiro atoms. The van der Waals surface area contributed by atoms with Crippen LogP contribution in [0.5, 0.6) is 5.75 Å². The van der Waals surface area contributed by atoms with Gasteiger partial charge in [-0.1, -0.05) is 43.3 Å². The van der Waals surface area contributed by atoms with Gasteiger partial charge in [-0.15, -0.1) is 0 Å². The number of benzene rings is 2. The number of carbonyl (C=O) groups is 1. The van der Waals surface area contributed by atoms with Crippen LogP contribution >= 0.6 is 0 Å². The summed E-state index contributed by atoms with van der Waals surface area (Å²) in [6.07, 6.45) is 11.6. The number of hydrogen-bond acceptors (Lipinski definition) is 4. The van der Waals surface area contributed by atoms with Crippen molar-refractivity contribution in [2.75, 3.05) is 7.11 Å². The summed E-state index contributed by atoms with van der Waals surface area (Å²) < 4.78 is 10.6. The van der Waals surface area contributed by atoms with Crippen LogP contribution in [0, 0.1) is 0 Å². The van der Waals surface area contributed by atoms with E-state index in [9.17, 15) is 4.79 Å². The standard InChI is InChI=1S/C24H29NO3/c1-3-4-5-6-7-8-11-18-25-23-13-10-9-12-22(23)24(26)28-19-20-14-16-21(27-2)17-15-20/h4-5,9-10,12-18H,3,6-8,11,19H2,1-2H3/b5-4-,25-18?. The molecule has 4 nitrogen and oxygen atoms in total. The van der Waals surface area contributed by atoms with Gasteiger partial charge in [-0.25, -0.2) is 4.79 Å². The fraction of sp³-hybridized carbons (Fsp3) is 0.333. The molecule has 0 aliphatic heterocycles. The fourth-order valence-corrected chi connectivity index (χ4v) is 2.65. The molecule has 0 aliphatic rings. The summed E-state index contributed by atoms with van der Waals surface area (Å²) >= 11 is 0. The predicted molar refractivity (Wildman–Crippen MR) is 115 cm³/mol. The first-order valence-corrected chi connectivity index (χ1v) is 9.81. The number of methoxy groups -OCH3 is 1. The Balaban J connectivity index is 1.86. The number of para-hydroxylation sites is 1. The molecule has 0 radical (unpaired) electrons. The summed E-state index contributed by atoms with van der Waals surface area (Å²) in [5.41, 5.74) is 2.04. The Hall–Kier alpha value is -2.88. The monoisotopic (exact) mass is 379 g/mol. The normalized spacial score (nSPS) is 11.2. The Morgan fingerprint density at radius 2 is 1.75 bits per heavy atom. The van der Waals surface area contributed by atoms with Crippen molar-refractivity contribution in [1.82, 2.24) is 0 Å². The molecular formula is C24H29NO3. The van der Waals surface area contributed by atoms with Gasteiger partial charge in [0.15, 0.2) is 0 Å². The molecular weight excluding hydrogens is 350 g/mol. The SMILES string of the molecule is CC/C=C\CCCCC=Nc1ccccc1C(=O)OCc1ccc(OC)cc1.